The van der Waals surface area contributed by atoms with Gasteiger partial charge in [-0.3, -0.25) is 4.79 Å². The molecule has 21 heavy (non-hydrogen) atoms. The van der Waals surface area contributed by atoms with E-state index in [2.05, 4.69) is 5.16 Å². The number of oxime groups is 1. The van der Waals surface area contributed by atoms with E-state index in [0.717, 1.165) is 0 Å². The normalized spacial score (nSPS) is 24.8. The van der Waals surface area contributed by atoms with Crippen LogP contribution in [0.3, 0.4) is 0 Å². The van der Waals surface area contributed by atoms with Crippen LogP contribution in [0, 0.1) is 5.41 Å². The lowest BCUT2D eigenvalue weighted by Crippen LogP contribution is -2.54. The molecular weight excluding hydrogens is 276 g/mol. The van der Waals surface area contributed by atoms with E-state index in [1.807, 2.05) is 0 Å². The van der Waals surface area contributed by atoms with Crippen molar-refractivity contribution in [2.24, 2.45) is 10.6 Å². The number of carboxylic acid groups (broad SMARTS) is 1. The highest BCUT2D eigenvalue weighted by Gasteiger charge is 2.46. The molecule has 0 aromatic rings. The van der Waals surface area contributed by atoms with Gasteiger partial charge in [0.2, 0.25) is 0 Å². The number of nitrogens with zero attached hydrogens (tertiary/aromatic N) is 2. The van der Waals surface area contributed by atoms with E-state index in [-0.39, 0.29) is 6.54 Å². The van der Waals surface area contributed by atoms with Crippen molar-refractivity contribution in [2.45, 2.75) is 46.6 Å². The Kier molecular flexibility index (Phi) is 5.20. The van der Waals surface area contributed by atoms with Gasteiger partial charge >= 0.3 is 12.1 Å². The first-order chi connectivity index (χ1) is 9.60. The van der Waals surface area contributed by atoms with E-state index < -0.39 is 23.1 Å². The summed E-state index contributed by atoms with van der Waals surface area (Å²) in [6.45, 7) is 9.39. The number of carboxylic acids is 1. The van der Waals surface area contributed by atoms with Crippen LogP contribution in [0.4, 0.5) is 4.79 Å². The first kappa shape index (κ1) is 17.3. The van der Waals surface area contributed by atoms with Crippen LogP contribution < -0.4 is 0 Å². The van der Waals surface area contributed by atoms with Gasteiger partial charge in [-0.05, 0) is 34.6 Å². The maximum Gasteiger partial charge on any atom is 0.410 e. The highest BCUT2D eigenvalue weighted by atomic mass is 16.6. The van der Waals surface area contributed by atoms with Gasteiger partial charge in [-0.15, -0.1) is 0 Å². The van der Waals surface area contributed by atoms with Crippen LogP contribution in [0.1, 0.15) is 41.0 Å². The third kappa shape index (κ3) is 4.34. The molecule has 1 fully saturated rings. The Labute approximate surface area is 124 Å². The number of piperidine rings is 1. The zero-order valence-electron chi connectivity index (χ0n) is 13.3. The van der Waals surface area contributed by atoms with E-state index in [1.54, 1.807) is 34.6 Å². The monoisotopic (exact) mass is 300 g/mol. The van der Waals surface area contributed by atoms with Crippen molar-refractivity contribution in [3.8, 4) is 0 Å². The highest BCUT2D eigenvalue weighted by molar-refractivity contribution is 6.06. The average molecular weight is 300 g/mol. The number of likely N-dealkylation sites (tertiary alicyclic amines) is 1. The number of rotatable bonds is 3. The molecule has 1 amide bonds. The van der Waals surface area contributed by atoms with Crippen molar-refractivity contribution in [1.29, 1.82) is 0 Å². The van der Waals surface area contributed by atoms with E-state index in [0.29, 0.717) is 25.3 Å². The molecule has 1 rings (SSSR count). The largest absolute Gasteiger partial charge is 0.480 e. The molecule has 0 bridgehead atoms. The summed E-state index contributed by atoms with van der Waals surface area (Å²) in [6, 6.07) is 0. The summed E-state index contributed by atoms with van der Waals surface area (Å²) in [5, 5.41) is 13.4. The molecular formula is C14H24N2O5. The first-order valence-electron chi connectivity index (χ1n) is 7.01. The molecule has 1 unspecified atom stereocenters. The van der Waals surface area contributed by atoms with Crippen LogP contribution in [0.5, 0.6) is 0 Å². The topological polar surface area (TPSA) is 88.4 Å². The van der Waals surface area contributed by atoms with Crippen molar-refractivity contribution in [2.75, 3.05) is 19.7 Å². The Morgan fingerprint density at radius 1 is 1.43 bits per heavy atom. The van der Waals surface area contributed by atoms with Gasteiger partial charge < -0.3 is 19.6 Å². The van der Waals surface area contributed by atoms with Crippen LogP contribution in [0.15, 0.2) is 5.16 Å². The number of hydrogen-bond donors (Lipinski definition) is 1. The summed E-state index contributed by atoms with van der Waals surface area (Å²) >= 11 is 0. The predicted octanol–water partition coefficient (Wildman–Crippen LogP) is 2.11. The van der Waals surface area contributed by atoms with E-state index in [4.69, 9.17) is 9.57 Å². The van der Waals surface area contributed by atoms with Crippen molar-refractivity contribution >= 4 is 17.8 Å². The minimum absolute atomic E-state index is 0.0170. The molecule has 0 aromatic carbocycles. The lowest BCUT2D eigenvalue weighted by molar-refractivity contribution is -0.145. The Bertz CT molecular complexity index is 441. The molecule has 1 aliphatic rings. The summed E-state index contributed by atoms with van der Waals surface area (Å²) in [5.74, 6) is -1.03. The molecule has 0 aliphatic carbocycles. The maximum atomic E-state index is 12.1. The minimum atomic E-state index is -1.26. The highest BCUT2D eigenvalue weighted by Crippen LogP contribution is 2.29. The standard InChI is InChI=1S/C14H24N2O5/c1-6-20-15-10-7-8-16(9-14(10,5)11(17)18)12(19)21-13(2,3)4/h6-9H2,1-5H3,(H,17,18)/b15-10+. The molecule has 0 radical (unpaired) electrons. The molecule has 0 aromatic heterocycles. The predicted molar refractivity (Wildman–Crippen MR) is 77.2 cm³/mol. The summed E-state index contributed by atoms with van der Waals surface area (Å²) < 4.78 is 5.29. The number of ether oxygens (including phenoxy) is 1. The van der Waals surface area contributed by atoms with Crippen LogP contribution in [-0.2, 0) is 14.4 Å². The molecule has 1 aliphatic heterocycles. The van der Waals surface area contributed by atoms with Gasteiger partial charge in [0, 0.05) is 19.5 Å². The van der Waals surface area contributed by atoms with Gasteiger partial charge in [0.25, 0.3) is 0 Å². The lowest BCUT2D eigenvalue weighted by Gasteiger charge is -2.38. The van der Waals surface area contributed by atoms with Crippen molar-refractivity contribution < 1.29 is 24.3 Å². The Balaban J connectivity index is 2.90. The zero-order valence-corrected chi connectivity index (χ0v) is 13.3. The number of hydrogen-bond acceptors (Lipinski definition) is 5. The lowest BCUT2D eigenvalue weighted by atomic mass is 9.80. The maximum absolute atomic E-state index is 12.1. The molecule has 1 heterocycles. The molecule has 1 saturated heterocycles. The van der Waals surface area contributed by atoms with Gasteiger partial charge in [0.15, 0.2) is 0 Å². The molecule has 120 valence electrons. The summed E-state index contributed by atoms with van der Waals surface area (Å²) in [4.78, 5) is 30.1. The van der Waals surface area contributed by atoms with E-state index in [1.165, 1.54) is 4.90 Å². The van der Waals surface area contributed by atoms with Crippen LogP contribution in [0.25, 0.3) is 0 Å². The van der Waals surface area contributed by atoms with Crippen LogP contribution >= 0.6 is 0 Å². The number of carbonyl (C=O) groups excluding carboxylic acids is 1. The average Bonchev–Trinajstić information content (AvgIpc) is 2.35. The van der Waals surface area contributed by atoms with Crippen LogP contribution in [0.2, 0.25) is 0 Å². The molecule has 7 heteroatoms. The second kappa shape index (κ2) is 6.32. The van der Waals surface area contributed by atoms with Crippen molar-refractivity contribution in [1.82, 2.24) is 4.90 Å². The summed E-state index contributed by atoms with van der Waals surface area (Å²) in [6.07, 6.45) is -0.160. The summed E-state index contributed by atoms with van der Waals surface area (Å²) in [7, 11) is 0. The van der Waals surface area contributed by atoms with Gasteiger partial charge in [-0.2, -0.15) is 0 Å². The Morgan fingerprint density at radius 3 is 2.52 bits per heavy atom. The van der Waals surface area contributed by atoms with E-state index >= 15 is 0 Å². The molecule has 7 nitrogen and oxygen atoms in total. The fraction of sp³-hybridized carbons (Fsp3) is 0.786. The van der Waals surface area contributed by atoms with Crippen LogP contribution in [-0.4, -0.2) is 53.1 Å². The summed E-state index contributed by atoms with van der Waals surface area (Å²) in [5.41, 5.74) is -1.43. The molecule has 1 atom stereocenters. The fourth-order valence-corrected chi connectivity index (χ4v) is 2.03. The quantitative estimate of drug-likeness (QED) is 0.806. The smallest absolute Gasteiger partial charge is 0.410 e. The Hall–Kier alpha value is -1.79. The minimum Gasteiger partial charge on any atom is -0.480 e. The van der Waals surface area contributed by atoms with Gasteiger partial charge in [-0.25, -0.2) is 4.79 Å². The van der Waals surface area contributed by atoms with Gasteiger partial charge in [0.05, 0.1) is 5.71 Å². The third-order valence-corrected chi connectivity index (χ3v) is 3.19. The molecule has 0 spiro atoms. The third-order valence-electron chi connectivity index (χ3n) is 3.19. The van der Waals surface area contributed by atoms with Crippen molar-refractivity contribution in [3.63, 3.8) is 0 Å². The Morgan fingerprint density at radius 2 is 2.05 bits per heavy atom. The fourth-order valence-electron chi connectivity index (χ4n) is 2.03. The van der Waals surface area contributed by atoms with Gasteiger partial charge in [-0.1, -0.05) is 5.16 Å². The number of amides is 1. The second-order valence-electron chi connectivity index (χ2n) is 6.24. The van der Waals surface area contributed by atoms with Gasteiger partial charge in [0.1, 0.15) is 17.6 Å². The second-order valence-corrected chi connectivity index (χ2v) is 6.24. The zero-order chi connectivity index (χ0) is 16.3. The number of aliphatic carboxylic acids is 1. The number of carbonyl (C=O) groups is 2. The first-order valence-corrected chi connectivity index (χ1v) is 7.01. The molecule has 1 N–H and O–H groups in total. The van der Waals surface area contributed by atoms with Crippen molar-refractivity contribution in [3.05, 3.63) is 0 Å². The van der Waals surface area contributed by atoms with E-state index in [9.17, 15) is 14.7 Å². The SMILES string of the molecule is CCO/N=C1\CCN(C(=O)OC(C)(C)C)CC1(C)C(=O)O. The molecule has 0 saturated carbocycles.